The fourth-order valence-electron chi connectivity index (χ4n) is 3.16. The lowest BCUT2D eigenvalue weighted by atomic mass is 9.91. The van der Waals surface area contributed by atoms with E-state index in [1.54, 1.807) is 42.5 Å². The highest BCUT2D eigenvalue weighted by Crippen LogP contribution is 2.37. The molecule has 0 fully saturated rings. The second kappa shape index (κ2) is 11.3. The zero-order valence-electron chi connectivity index (χ0n) is 17.3. The number of carboxylic acids is 1. The van der Waals surface area contributed by atoms with Gasteiger partial charge in [0.1, 0.15) is 5.75 Å². The fourth-order valence-corrected chi connectivity index (χ4v) is 4.28. The molecular weight excluding hydrogens is 473 g/mol. The Kier molecular flexibility index (Phi) is 8.47. The highest BCUT2D eigenvalue weighted by molar-refractivity contribution is 7.99. The molecule has 0 atom stereocenters. The molecule has 8 heteroatoms. The first-order chi connectivity index (χ1) is 15.8. The first-order valence-electron chi connectivity index (χ1n) is 9.88. The Labute approximate surface area is 198 Å². The van der Waals surface area contributed by atoms with Crippen molar-refractivity contribution in [2.24, 2.45) is 0 Å². The van der Waals surface area contributed by atoms with Gasteiger partial charge >= 0.3 is 11.9 Å². The number of carbonyl (C=O) groups is 1. The first-order valence-corrected chi connectivity index (χ1v) is 11.2. The van der Waals surface area contributed by atoms with Crippen LogP contribution in [0.5, 0.6) is 5.75 Å². The molecule has 33 heavy (non-hydrogen) atoms. The van der Waals surface area contributed by atoms with Gasteiger partial charge in [0, 0.05) is 16.2 Å². The quantitative estimate of drug-likeness (QED) is 0.307. The summed E-state index contributed by atoms with van der Waals surface area (Å²) in [6.45, 7) is -2.26. The topological polar surface area (TPSA) is 46.5 Å². The van der Waals surface area contributed by atoms with Crippen molar-refractivity contribution in [2.75, 3.05) is 19.0 Å². The van der Waals surface area contributed by atoms with E-state index in [-0.39, 0.29) is 11.1 Å². The molecule has 3 nitrogen and oxygen atoms in total. The molecule has 0 aromatic heterocycles. The lowest BCUT2D eigenvalue weighted by Gasteiger charge is -2.19. The molecule has 172 valence electrons. The molecule has 0 saturated carbocycles. The molecule has 0 heterocycles. The number of thioether (sulfide) groups is 1. The highest BCUT2D eigenvalue weighted by atomic mass is 35.5. The lowest BCUT2D eigenvalue weighted by molar-refractivity contribution is -0.139. The molecule has 0 aliphatic carbocycles. The molecule has 1 N–H and O–H groups in total. The van der Waals surface area contributed by atoms with Crippen LogP contribution in [0.3, 0.4) is 0 Å². The van der Waals surface area contributed by atoms with E-state index < -0.39 is 25.2 Å². The number of rotatable bonds is 10. The number of halogens is 4. The monoisotopic (exact) mass is 492 g/mol. The molecule has 0 spiro atoms. The van der Waals surface area contributed by atoms with Crippen molar-refractivity contribution in [3.8, 4) is 5.75 Å². The molecule has 3 aromatic carbocycles. The molecule has 0 aliphatic heterocycles. The van der Waals surface area contributed by atoms with Gasteiger partial charge in [0.15, 0.2) is 13.3 Å². The van der Waals surface area contributed by atoms with Crippen molar-refractivity contribution in [3.05, 3.63) is 101 Å². The van der Waals surface area contributed by atoms with Crippen LogP contribution in [0.2, 0.25) is 5.02 Å². The summed E-state index contributed by atoms with van der Waals surface area (Å²) < 4.78 is 46.9. The zero-order chi connectivity index (χ0) is 23.8. The zero-order valence-corrected chi connectivity index (χ0v) is 18.9. The Bertz CT molecular complexity index is 1140. The maximum atomic E-state index is 14.3. The number of aliphatic carboxylic acids is 1. The van der Waals surface area contributed by atoms with E-state index >= 15 is 0 Å². The van der Waals surface area contributed by atoms with Gasteiger partial charge in [-0.15, -0.1) is 11.8 Å². The summed E-state index contributed by atoms with van der Waals surface area (Å²) in [4.78, 5) is 11.3. The van der Waals surface area contributed by atoms with E-state index in [0.29, 0.717) is 27.0 Å². The smallest absolute Gasteiger partial charge is 0.341 e. The van der Waals surface area contributed by atoms with Gasteiger partial charge in [0.25, 0.3) is 0 Å². The second-order valence-electron chi connectivity index (χ2n) is 6.95. The van der Waals surface area contributed by atoms with Crippen LogP contribution in [0.25, 0.3) is 5.57 Å². The molecule has 0 aliphatic rings. The molecule has 0 saturated heterocycles. The van der Waals surface area contributed by atoms with Gasteiger partial charge in [-0.05, 0) is 34.9 Å². The molecule has 0 radical (unpaired) electrons. The van der Waals surface area contributed by atoms with Gasteiger partial charge in [-0.25, -0.2) is 9.18 Å². The Morgan fingerprint density at radius 3 is 2.42 bits per heavy atom. The number of alkyl halides is 3. The summed E-state index contributed by atoms with van der Waals surface area (Å²) >= 11 is 7.66. The van der Waals surface area contributed by atoms with Gasteiger partial charge < -0.3 is 9.84 Å². The lowest BCUT2D eigenvalue weighted by Crippen LogP contribution is -2.18. The number of hydrogen-bond donors (Lipinski definition) is 1. The SMILES string of the molecule is O=C(O)COc1ccc(SC/C=C(/c2ccccc2)c2ccccc2C(F)(F)CF)c(Cl)c1. The summed E-state index contributed by atoms with van der Waals surface area (Å²) in [6, 6.07) is 19.8. The van der Waals surface area contributed by atoms with E-state index in [4.69, 9.17) is 21.4 Å². The molecule has 0 amide bonds. The molecule has 3 rings (SSSR count). The highest BCUT2D eigenvalue weighted by Gasteiger charge is 2.34. The Balaban J connectivity index is 1.89. The van der Waals surface area contributed by atoms with Crippen molar-refractivity contribution in [2.45, 2.75) is 10.8 Å². The fraction of sp³-hybridized carbons (Fsp3) is 0.160. The summed E-state index contributed by atoms with van der Waals surface area (Å²) in [5.41, 5.74) is 1.18. The van der Waals surface area contributed by atoms with Crippen LogP contribution >= 0.6 is 23.4 Å². The minimum atomic E-state index is -3.60. The Hall–Kier alpha value is -2.90. The van der Waals surface area contributed by atoms with Gasteiger partial charge in [-0.2, -0.15) is 8.78 Å². The van der Waals surface area contributed by atoms with Crippen LogP contribution in [0.1, 0.15) is 16.7 Å². The third-order valence-electron chi connectivity index (χ3n) is 4.66. The Morgan fingerprint density at radius 2 is 1.76 bits per heavy atom. The van der Waals surface area contributed by atoms with Gasteiger partial charge in [-0.3, -0.25) is 0 Å². The van der Waals surface area contributed by atoms with Crippen LogP contribution in [0.15, 0.2) is 83.8 Å². The molecule has 3 aromatic rings. The summed E-state index contributed by atoms with van der Waals surface area (Å²) in [5.74, 6) is -3.97. The van der Waals surface area contributed by atoms with E-state index in [0.717, 1.165) is 5.56 Å². The molecule has 0 bridgehead atoms. The van der Waals surface area contributed by atoms with Crippen molar-refractivity contribution < 1.29 is 27.8 Å². The second-order valence-corrected chi connectivity index (χ2v) is 8.42. The van der Waals surface area contributed by atoms with Crippen molar-refractivity contribution in [3.63, 3.8) is 0 Å². The minimum absolute atomic E-state index is 0.260. The normalized spacial score (nSPS) is 11.9. The number of ether oxygens (including phenoxy) is 1. The van der Waals surface area contributed by atoms with E-state index in [9.17, 15) is 18.0 Å². The van der Waals surface area contributed by atoms with Crippen molar-refractivity contribution in [1.29, 1.82) is 0 Å². The van der Waals surface area contributed by atoms with Crippen molar-refractivity contribution in [1.82, 2.24) is 0 Å². The van der Waals surface area contributed by atoms with E-state index in [1.165, 1.54) is 30.0 Å². The van der Waals surface area contributed by atoms with Crippen LogP contribution in [-0.2, 0) is 10.7 Å². The van der Waals surface area contributed by atoms with Crippen LogP contribution in [0.4, 0.5) is 13.2 Å². The average Bonchev–Trinajstić information content (AvgIpc) is 2.82. The third-order valence-corrected chi connectivity index (χ3v) is 6.08. The van der Waals surface area contributed by atoms with Gasteiger partial charge in [0.2, 0.25) is 0 Å². The summed E-state index contributed by atoms with van der Waals surface area (Å²) in [5, 5.41) is 9.08. The van der Waals surface area contributed by atoms with Crippen LogP contribution in [-0.4, -0.2) is 30.1 Å². The average molecular weight is 493 g/mol. The predicted molar refractivity (Wildman–Crippen MR) is 125 cm³/mol. The maximum Gasteiger partial charge on any atom is 0.341 e. The maximum absolute atomic E-state index is 14.3. The first kappa shape index (κ1) is 24.7. The summed E-state index contributed by atoms with van der Waals surface area (Å²) in [7, 11) is 0. The number of hydrogen-bond acceptors (Lipinski definition) is 3. The largest absolute Gasteiger partial charge is 0.482 e. The van der Waals surface area contributed by atoms with Crippen LogP contribution < -0.4 is 4.74 Å². The van der Waals surface area contributed by atoms with Gasteiger partial charge in [-0.1, -0.05) is 72.3 Å². The number of benzene rings is 3. The third kappa shape index (κ3) is 6.55. The van der Waals surface area contributed by atoms with Gasteiger partial charge in [0.05, 0.1) is 5.02 Å². The molecular formula is C25H20ClF3O3S. The van der Waals surface area contributed by atoms with E-state index in [1.807, 2.05) is 18.2 Å². The molecule has 0 unspecified atom stereocenters. The summed E-state index contributed by atoms with van der Waals surface area (Å²) in [6.07, 6.45) is 1.80. The van der Waals surface area contributed by atoms with Crippen molar-refractivity contribution >= 4 is 34.9 Å². The standard InChI is InChI=1S/C25H20ClF3O3S/c26-22-14-18(32-15-24(30)31)10-11-23(22)33-13-12-19(17-6-2-1-3-7-17)20-8-4-5-9-21(20)25(28,29)16-27/h1-12,14H,13,15-16H2,(H,30,31)/b19-12-. The van der Waals surface area contributed by atoms with Crippen LogP contribution in [0, 0.1) is 0 Å². The minimum Gasteiger partial charge on any atom is -0.482 e. The Morgan fingerprint density at radius 1 is 1.06 bits per heavy atom. The van der Waals surface area contributed by atoms with E-state index in [2.05, 4.69) is 0 Å². The predicted octanol–water partition coefficient (Wildman–Crippen LogP) is 7.09. The number of carboxylic acid groups (broad SMARTS) is 1.